The van der Waals surface area contributed by atoms with Crippen molar-refractivity contribution in [2.45, 2.75) is 6.85 Å². The second kappa shape index (κ2) is 3.61. The van der Waals surface area contributed by atoms with Crippen molar-refractivity contribution in [1.82, 2.24) is 9.97 Å². The molecule has 0 N–H and O–H groups in total. The van der Waals surface area contributed by atoms with Gasteiger partial charge in [-0.3, -0.25) is 9.97 Å². The molecule has 0 radical (unpaired) electrons. The molecule has 2 aromatic heterocycles. The number of hydrogen-bond acceptors (Lipinski definition) is 5. The molecule has 66 valence electrons. The van der Waals surface area contributed by atoms with E-state index in [1.165, 1.54) is 26.9 Å². The van der Waals surface area contributed by atoms with Crippen molar-refractivity contribution < 1.29 is 4.11 Å². The Morgan fingerprint density at radius 2 is 2.38 bits per heavy atom. The molecule has 0 bridgehead atoms. The van der Waals surface area contributed by atoms with Crippen LogP contribution in [0.5, 0.6) is 0 Å². The van der Waals surface area contributed by atoms with E-state index in [1.54, 1.807) is 12.4 Å². The van der Waals surface area contributed by atoms with E-state index in [-0.39, 0.29) is 5.56 Å². The molecule has 5 heteroatoms. The summed E-state index contributed by atoms with van der Waals surface area (Å²) in [5.74, 6) is 0. The normalized spacial score (nSPS) is 14.6. The molecule has 0 saturated carbocycles. The van der Waals surface area contributed by atoms with Crippen LogP contribution in [0.1, 0.15) is 9.68 Å². The second-order valence-electron chi connectivity index (χ2n) is 2.25. The van der Waals surface area contributed by atoms with Gasteiger partial charge in [-0.1, -0.05) is 32.9 Å². The zero-order chi connectivity index (χ0) is 11.8. The first-order valence-electron chi connectivity index (χ1n) is 4.90. The van der Waals surface area contributed by atoms with Crippen molar-refractivity contribution in [2.75, 3.05) is 0 Å². The quantitative estimate of drug-likeness (QED) is 0.554. The molecule has 2 rings (SSSR count). The molecular weight excluding hydrogens is 220 g/mol. The van der Waals surface area contributed by atoms with Gasteiger partial charge in [-0.25, -0.2) is 0 Å². The Morgan fingerprint density at radius 3 is 3.08 bits per heavy atom. The van der Waals surface area contributed by atoms with Gasteiger partial charge in [0.2, 0.25) is 0 Å². The molecule has 0 amide bonds. The first-order valence-corrected chi connectivity index (χ1v) is 5.96. The highest BCUT2D eigenvalue weighted by atomic mass is 32.9. The minimum absolute atomic E-state index is 0.220. The van der Waals surface area contributed by atoms with Gasteiger partial charge >= 0.3 is 0 Å². The average molecular weight is 229 g/mol. The van der Waals surface area contributed by atoms with E-state index >= 15 is 0 Å². The third-order valence-electron chi connectivity index (χ3n) is 1.43. The van der Waals surface area contributed by atoms with Crippen LogP contribution in [0.15, 0.2) is 18.6 Å². The Hall–Kier alpha value is -0.650. The van der Waals surface area contributed by atoms with E-state index in [2.05, 4.69) is 9.97 Å². The summed E-state index contributed by atoms with van der Waals surface area (Å²) in [6.07, 6.45) is 4.62. The molecule has 13 heavy (non-hydrogen) atoms. The number of rotatable bonds is 1. The molecule has 0 aliphatic rings. The number of nitrogens with zero attached hydrogens (tertiary/aromatic N) is 2. The fraction of sp³-hybridized carbons (Fsp3) is 0.125. The van der Waals surface area contributed by atoms with E-state index in [0.717, 1.165) is 0 Å². The molecule has 2 nitrogen and oxygen atoms in total. The lowest BCUT2D eigenvalue weighted by atomic mass is 10.3. The zero-order valence-electron chi connectivity index (χ0n) is 9.35. The Morgan fingerprint density at radius 1 is 1.46 bits per heavy atom. The maximum Gasteiger partial charge on any atom is 0.105 e. The van der Waals surface area contributed by atoms with Gasteiger partial charge in [0.1, 0.15) is 3.82 Å². The van der Waals surface area contributed by atoms with Gasteiger partial charge in [0.25, 0.3) is 0 Å². The highest BCUT2D eigenvalue weighted by Crippen LogP contribution is 2.31. The van der Waals surface area contributed by atoms with Crippen molar-refractivity contribution in [2.24, 2.45) is 0 Å². The van der Waals surface area contributed by atoms with Gasteiger partial charge in [0, 0.05) is 16.5 Å². The minimum atomic E-state index is -2.19. The third kappa shape index (κ3) is 1.67. The number of aromatic nitrogens is 2. The van der Waals surface area contributed by atoms with Crippen LogP contribution in [0.2, 0.25) is 0 Å². The smallest absolute Gasteiger partial charge is 0.105 e. The van der Waals surface area contributed by atoms with Gasteiger partial charge < -0.3 is 0 Å². The summed E-state index contributed by atoms with van der Waals surface area (Å²) in [7, 11) is 2.61. The van der Waals surface area contributed by atoms with Gasteiger partial charge in [-0.2, -0.15) is 0 Å². The summed E-state index contributed by atoms with van der Waals surface area (Å²) >= 11 is 5.04. The Labute approximate surface area is 92.5 Å². The lowest BCUT2D eigenvalue weighted by Crippen LogP contribution is -1.82. The molecule has 2 heterocycles. The first kappa shape index (κ1) is 5.95. The summed E-state index contributed by atoms with van der Waals surface area (Å²) in [5.41, 5.74) is 0.781. The Bertz CT molecular complexity index is 544. The van der Waals surface area contributed by atoms with Crippen LogP contribution in [-0.4, -0.2) is 9.97 Å². The second-order valence-corrected chi connectivity index (χ2v) is 5.07. The minimum Gasteiger partial charge on any atom is -0.261 e. The van der Waals surface area contributed by atoms with Crippen molar-refractivity contribution in [3.8, 4) is 10.6 Å². The lowest BCUT2D eigenvalue weighted by molar-refractivity contribution is 1.21. The van der Waals surface area contributed by atoms with Crippen molar-refractivity contribution in [1.29, 1.82) is 0 Å². The molecular formula is C8H6N2S3. The molecule has 0 aliphatic carbocycles. The number of hydrogen-bond donors (Lipinski definition) is 0. The lowest BCUT2D eigenvalue weighted by Gasteiger charge is -1.94. The Balaban J connectivity index is 2.64. The van der Waals surface area contributed by atoms with Crippen molar-refractivity contribution >= 4 is 32.9 Å². The van der Waals surface area contributed by atoms with Crippen LogP contribution in [0, 0.1) is 10.7 Å². The summed E-state index contributed by atoms with van der Waals surface area (Å²) in [5, 5.41) is 0. The summed E-state index contributed by atoms with van der Waals surface area (Å²) in [6.45, 7) is -2.19. The zero-order valence-corrected chi connectivity index (χ0v) is 8.80. The highest BCUT2D eigenvalue weighted by Gasteiger charge is 2.06. The van der Waals surface area contributed by atoms with E-state index in [0.29, 0.717) is 14.4 Å². The molecule has 0 fully saturated rings. The van der Waals surface area contributed by atoms with Crippen LogP contribution in [0.4, 0.5) is 0 Å². The van der Waals surface area contributed by atoms with E-state index in [1.807, 2.05) is 0 Å². The summed E-state index contributed by atoms with van der Waals surface area (Å²) in [4.78, 5) is 8.62. The third-order valence-corrected chi connectivity index (χ3v) is 4.47. The topological polar surface area (TPSA) is 25.8 Å². The van der Waals surface area contributed by atoms with Crippen LogP contribution >= 0.6 is 32.9 Å². The summed E-state index contributed by atoms with van der Waals surface area (Å²) in [6, 6.07) is 0. The molecule has 0 atom stereocenters. The van der Waals surface area contributed by atoms with Crippen molar-refractivity contribution in [3.63, 3.8) is 0 Å². The maximum absolute atomic E-state index is 7.45. The Kier molecular flexibility index (Phi) is 1.65. The van der Waals surface area contributed by atoms with Crippen LogP contribution in [0.25, 0.3) is 10.6 Å². The van der Waals surface area contributed by atoms with Gasteiger partial charge in [0.15, 0.2) is 0 Å². The molecule has 0 spiro atoms. The predicted octanol–water partition coefficient (Wildman–Crippen LogP) is 3.30. The van der Waals surface area contributed by atoms with Crippen LogP contribution < -0.4 is 0 Å². The van der Waals surface area contributed by atoms with Gasteiger partial charge in [0.05, 0.1) is 16.8 Å². The fourth-order valence-corrected chi connectivity index (χ4v) is 3.33. The van der Waals surface area contributed by atoms with Gasteiger partial charge in [-0.15, -0.1) is 0 Å². The monoisotopic (exact) mass is 229 g/mol. The van der Waals surface area contributed by atoms with Crippen LogP contribution in [-0.2, 0) is 0 Å². The molecule has 0 aromatic carbocycles. The first-order chi connectivity index (χ1) is 7.50. The maximum atomic E-state index is 7.45. The highest BCUT2D eigenvalue weighted by molar-refractivity contribution is 7.80. The molecule has 0 saturated heterocycles. The van der Waals surface area contributed by atoms with Crippen LogP contribution in [0.3, 0.4) is 0 Å². The van der Waals surface area contributed by atoms with E-state index in [4.69, 9.17) is 16.3 Å². The largest absolute Gasteiger partial charge is 0.261 e. The molecule has 2 aromatic rings. The molecule has 0 unspecified atom stereocenters. The average Bonchev–Trinajstić information content (AvgIpc) is 2.61. The van der Waals surface area contributed by atoms with E-state index < -0.39 is 6.85 Å². The summed E-state index contributed by atoms with van der Waals surface area (Å²) < 4.78 is 22.8. The fourth-order valence-electron chi connectivity index (χ4n) is 0.843. The standard InChI is InChI=1S/C8H6N2S3/c1-5-7(12-13-8(5)11)6-4-9-2-3-10-6/h2-4H,1H3/i1D3. The van der Waals surface area contributed by atoms with Crippen molar-refractivity contribution in [3.05, 3.63) is 28.0 Å². The van der Waals surface area contributed by atoms with E-state index in [9.17, 15) is 0 Å². The molecule has 0 aliphatic heterocycles. The van der Waals surface area contributed by atoms with Gasteiger partial charge in [-0.05, 0) is 12.4 Å². The predicted molar refractivity (Wildman–Crippen MR) is 58.8 cm³/mol. The SMILES string of the molecule is [2H]C([2H])([2H])c1c(-c2cnccn2)ssc1=S.